The number of alkyl halides is 2. The van der Waals surface area contributed by atoms with E-state index in [0.717, 1.165) is 0 Å². The molecular weight excluding hydrogens is 465 g/mol. The summed E-state index contributed by atoms with van der Waals surface area (Å²) in [6.45, 7) is -1.13. The van der Waals surface area contributed by atoms with Crippen LogP contribution in [0.4, 0.5) is 24.5 Å². The second-order valence-electron chi connectivity index (χ2n) is 7.10. The molecule has 0 radical (unpaired) electrons. The molecule has 1 heterocycles. The third-order valence-corrected chi connectivity index (χ3v) is 6.01. The van der Waals surface area contributed by atoms with Crippen molar-refractivity contribution in [3.8, 4) is 17.6 Å². The molecule has 0 unspecified atom stereocenters. The van der Waals surface area contributed by atoms with Crippen molar-refractivity contribution >= 4 is 35.0 Å². The largest absolute Gasteiger partial charge is 0.435 e. The number of hydrogen-bond acceptors (Lipinski definition) is 4. The van der Waals surface area contributed by atoms with E-state index < -0.39 is 18.3 Å². The fourth-order valence-corrected chi connectivity index (χ4v) is 4.48. The standard InChI is InChI=1S/C25H17F3N2O3S/c1-2-3-12-30-20-11-7-17(29-23(31)15-4-8-18(9-5-15)33-25(27)28)14-22(20)34-21-13-16(26)6-10-19(21)24(30)32/h4-11,13-14,25H,12H2,1H3,(H,29,31). The van der Waals surface area contributed by atoms with Crippen LogP contribution in [0, 0.1) is 17.7 Å². The second kappa shape index (κ2) is 9.93. The Bertz CT molecular complexity index is 1320. The number of carbonyl (C=O) groups is 2. The number of amides is 2. The molecule has 0 bridgehead atoms. The zero-order chi connectivity index (χ0) is 24.2. The first kappa shape index (κ1) is 23.3. The number of nitrogens with one attached hydrogen (secondary N) is 1. The molecule has 9 heteroatoms. The van der Waals surface area contributed by atoms with Gasteiger partial charge in [-0.15, -0.1) is 5.92 Å². The Morgan fingerprint density at radius 1 is 1.09 bits per heavy atom. The molecule has 0 atom stereocenters. The number of halogens is 3. The number of benzene rings is 3. The second-order valence-corrected chi connectivity index (χ2v) is 8.18. The summed E-state index contributed by atoms with van der Waals surface area (Å²) in [6, 6.07) is 14.3. The Hall–Kier alpha value is -3.90. The number of anilines is 2. The van der Waals surface area contributed by atoms with Crippen LogP contribution in [0.2, 0.25) is 0 Å². The third kappa shape index (κ3) is 5.02. The Kier molecular flexibility index (Phi) is 6.80. The maximum Gasteiger partial charge on any atom is 0.387 e. The van der Waals surface area contributed by atoms with E-state index in [0.29, 0.717) is 26.7 Å². The number of carbonyl (C=O) groups excluding carboxylic acids is 2. The minimum absolute atomic E-state index is 0.0567. The quantitative estimate of drug-likeness (QED) is 0.466. The Labute approximate surface area is 197 Å². The highest BCUT2D eigenvalue weighted by atomic mass is 32.2. The van der Waals surface area contributed by atoms with Gasteiger partial charge >= 0.3 is 6.61 Å². The van der Waals surface area contributed by atoms with E-state index in [4.69, 9.17) is 0 Å². The Morgan fingerprint density at radius 3 is 2.56 bits per heavy atom. The van der Waals surface area contributed by atoms with Gasteiger partial charge in [0.05, 0.1) is 17.8 Å². The maximum atomic E-state index is 13.9. The van der Waals surface area contributed by atoms with E-state index in [1.165, 1.54) is 59.1 Å². The molecule has 34 heavy (non-hydrogen) atoms. The SMILES string of the molecule is CC#CCN1C(=O)c2ccc(F)cc2Sc2cc(NC(=O)c3ccc(OC(F)F)cc3)ccc21. The van der Waals surface area contributed by atoms with Crippen molar-refractivity contribution in [2.45, 2.75) is 23.3 Å². The average molecular weight is 482 g/mol. The summed E-state index contributed by atoms with van der Waals surface area (Å²) in [5.74, 6) is 4.38. The minimum atomic E-state index is -2.95. The van der Waals surface area contributed by atoms with Gasteiger partial charge in [-0.3, -0.25) is 14.5 Å². The van der Waals surface area contributed by atoms with Crippen molar-refractivity contribution in [2.24, 2.45) is 0 Å². The lowest BCUT2D eigenvalue weighted by molar-refractivity contribution is -0.0498. The molecule has 0 saturated heterocycles. The molecule has 3 aromatic carbocycles. The van der Waals surface area contributed by atoms with Gasteiger partial charge in [-0.05, 0) is 67.6 Å². The van der Waals surface area contributed by atoms with Crippen LogP contribution in [-0.2, 0) is 0 Å². The van der Waals surface area contributed by atoms with Crippen molar-refractivity contribution in [3.63, 3.8) is 0 Å². The molecule has 0 aliphatic carbocycles. The minimum Gasteiger partial charge on any atom is -0.435 e. The van der Waals surface area contributed by atoms with Gasteiger partial charge in [0.2, 0.25) is 0 Å². The van der Waals surface area contributed by atoms with E-state index in [9.17, 15) is 22.8 Å². The van der Waals surface area contributed by atoms with Crippen LogP contribution in [0.1, 0.15) is 27.6 Å². The van der Waals surface area contributed by atoms with E-state index in [1.807, 2.05) is 0 Å². The number of nitrogens with zero attached hydrogens (tertiary/aromatic N) is 1. The number of hydrogen-bond donors (Lipinski definition) is 1. The van der Waals surface area contributed by atoms with Gasteiger partial charge in [-0.1, -0.05) is 17.7 Å². The van der Waals surface area contributed by atoms with Crippen molar-refractivity contribution < 1.29 is 27.5 Å². The Morgan fingerprint density at radius 2 is 1.85 bits per heavy atom. The molecular formula is C25H17F3N2O3S. The van der Waals surface area contributed by atoms with Gasteiger partial charge in [-0.25, -0.2) is 4.39 Å². The summed E-state index contributed by atoms with van der Waals surface area (Å²) < 4.78 is 42.8. The predicted molar refractivity (Wildman–Crippen MR) is 123 cm³/mol. The highest BCUT2D eigenvalue weighted by Gasteiger charge is 2.27. The first-order valence-corrected chi connectivity index (χ1v) is 10.9. The average Bonchev–Trinajstić information content (AvgIpc) is 2.91. The molecule has 1 N–H and O–H groups in total. The summed E-state index contributed by atoms with van der Waals surface area (Å²) in [5.41, 5.74) is 1.63. The first-order chi connectivity index (χ1) is 16.4. The fraction of sp³-hybridized carbons (Fsp3) is 0.120. The number of fused-ring (bicyclic) bond motifs is 2. The third-order valence-electron chi connectivity index (χ3n) is 4.90. The summed E-state index contributed by atoms with van der Waals surface area (Å²) in [4.78, 5) is 28.4. The van der Waals surface area contributed by atoms with Crippen molar-refractivity contribution in [2.75, 3.05) is 16.8 Å². The lowest BCUT2D eigenvalue weighted by Crippen LogP contribution is -2.31. The van der Waals surface area contributed by atoms with Gasteiger partial charge in [0.1, 0.15) is 11.6 Å². The monoisotopic (exact) mass is 482 g/mol. The lowest BCUT2D eigenvalue weighted by atomic mass is 10.1. The van der Waals surface area contributed by atoms with Crippen LogP contribution in [0.25, 0.3) is 0 Å². The van der Waals surface area contributed by atoms with E-state index >= 15 is 0 Å². The van der Waals surface area contributed by atoms with Crippen LogP contribution in [0.15, 0.2) is 70.5 Å². The molecule has 2 amide bonds. The molecule has 1 aliphatic rings. The zero-order valence-electron chi connectivity index (χ0n) is 17.8. The molecule has 3 aromatic rings. The van der Waals surface area contributed by atoms with Gasteiger partial charge in [0, 0.05) is 21.0 Å². The summed E-state index contributed by atoms with van der Waals surface area (Å²) in [6.07, 6.45) is 0. The van der Waals surface area contributed by atoms with Crippen LogP contribution in [0.3, 0.4) is 0 Å². The van der Waals surface area contributed by atoms with Crippen molar-refractivity contribution in [3.05, 3.63) is 77.6 Å². The van der Waals surface area contributed by atoms with Gasteiger partial charge in [-0.2, -0.15) is 8.78 Å². The highest BCUT2D eigenvalue weighted by Crippen LogP contribution is 2.42. The van der Waals surface area contributed by atoms with Gasteiger partial charge in [0.25, 0.3) is 11.8 Å². The predicted octanol–water partition coefficient (Wildman–Crippen LogP) is 5.81. The molecule has 0 fully saturated rings. The molecule has 1 aliphatic heterocycles. The van der Waals surface area contributed by atoms with Crippen molar-refractivity contribution in [1.29, 1.82) is 0 Å². The van der Waals surface area contributed by atoms with Crippen LogP contribution in [0.5, 0.6) is 5.75 Å². The lowest BCUT2D eigenvalue weighted by Gasteiger charge is -2.21. The first-order valence-electron chi connectivity index (χ1n) is 10.0. The number of rotatable bonds is 5. The molecule has 0 aromatic heterocycles. The van der Waals surface area contributed by atoms with Gasteiger partial charge < -0.3 is 10.1 Å². The molecule has 4 rings (SSSR count). The summed E-state index contributed by atoms with van der Waals surface area (Å²) in [7, 11) is 0. The van der Waals surface area contributed by atoms with E-state index in [2.05, 4.69) is 21.9 Å². The Balaban J connectivity index is 1.64. The van der Waals surface area contributed by atoms with Crippen LogP contribution < -0.4 is 15.0 Å². The van der Waals surface area contributed by atoms with E-state index in [-0.39, 0.29) is 23.8 Å². The van der Waals surface area contributed by atoms with Gasteiger partial charge in [0.15, 0.2) is 0 Å². The van der Waals surface area contributed by atoms with E-state index in [1.54, 1.807) is 25.1 Å². The molecule has 5 nitrogen and oxygen atoms in total. The smallest absolute Gasteiger partial charge is 0.387 e. The molecule has 0 spiro atoms. The van der Waals surface area contributed by atoms with Crippen LogP contribution >= 0.6 is 11.8 Å². The van der Waals surface area contributed by atoms with Crippen LogP contribution in [-0.4, -0.2) is 25.0 Å². The molecule has 0 saturated carbocycles. The fourth-order valence-electron chi connectivity index (χ4n) is 3.33. The highest BCUT2D eigenvalue weighted by molar-refractivity contribution is 7.99. The maximum absolute atomic E-state index is 13.9. The normalized spacial score (nSPS) is 12.3. The van der Waals surface area contributed by atoms with Crippen molar-refractivity contribution in [1.82, 2.24) is 0 Å². The summed E-state index contributed by atoms with van der Waals surface area (Å²) in [5, 5.41) is 2.75. The summed E-state index contributed by atoms with van der Waals surface area (Å²) >= 11 is 1.21. The topological polar surface area (TPSA) is 58.6 Å². The zero-order valence-corrected chi connectivity index (χ0v) is 18.6. The number of ether oxygens (including phenoxy) is 1. The molecule has 172 valence electrons.